The van der Waals surface area contributed by atoms with Gasteiger partial charge in [0.25, 0.3) is 0 Å². The number of hydrogen-bond donors (Lipinski definition) is 1. The van der Waals surface area contributed by atoms with E-state index in [1.165, 1.54) is 0 Å². The molecule has 3 nitrogen and oxygen atoms in total. The lowest BCUT2D eigenvalue weighted by molar-refractivity contribution is 0.957. The summed E-state index contributed by atoms with van der Waals surface area (Å²) in [6.45, 7) is 0. The summed E-state index contributed by atoms with van der Waals surface area (Å²) in [6, 6.07) is 0. The zero-order valence-electron chi connectivity index (χ0n) is 4.26. The molecule has 0 saturated carbocycles. The van der Waals surface area contributed by atoms with Crippen LogP contribution in [0, 0.1) is 0 Å². The first kappa shape index (κ1) is 5.75. The Morgan fingerprint density at radius 3 is 3.12 bits per heavy atom. The van der Waals surface area contributed by atoms with Crippen LogP contribution < -0.4 is 0 Å². The van der Waals surface area contributed by atoms with Crippen molar-refractivity contribution in [1.29, 1.82) is 0 Å². The van der Waals surface area contributed by atoms with Gasteiger partial charge in [0.05, 0.1) is 0 Å². The zero-order valence-corrected chi connectivity index (χ0v) is 5.85. The van der Waals surface area contributed by atoms with Crippen molar-refractivity contribution in [1.82, 2.24) is 15.2 Å². The molecule has 0 fully saturated rings. The summed E-state index contributed by atoms with van der Waals surface area (Å²) in [7, 11) is 0. The van der Waals surface area contributed by atoms with Gasteiger partial charge >= 0.3 is 0 Å². The highest BCUT2D eigenvalue weighted by Gasteiger charge is 1.90. The van der Waals surface area contributed by atoms with Crippen LogP contribution in [-0.4, -0.2) is 20.5 Å². The zero-order chi connectivity index (χ0) is 5.82. The summed E-state index contributed by atoms with van der Waals surface area (Å²) in [5.41, 5.74) is 0. The molecule has 44 valence electrons. The average Bonchev–Trinajstić information content (AvgIpc) is 2.19. The molecule has 1 N–H and O–H groups in total. The van der Waals surface area contributed by atoms with Crippen LogP contribution in [0.5, 0.6) is 0 Å². The number of alkyl halides is 1. The molecule has 0 aromatic carbocycles. The molecule has 1 aromatic heterocycles. The highest BCUT2D eigenvalue weighted by atomic mass is 79.9. The molecule has 4 heteroatoms. The standard InChI is InChI=1S/C4H6BrN3/c5-2-1-4-6-3-7-8-4/h3H,1-2H2,(H,6,7,8). The maximum atomic E-state index is 3.91. The van der Waals surface area contributed by atoms with Crippen LogP contribution in [0.4, 0.5) is 0 Å². The number of hydrogen-bond acceptors (Lipinski definition) is 2. The van der Waals surface area contributed by atoms with Crippen LogP contribution >= 0.6 is 15.9 Å². The fourth-order valence-corrected chi connectivity index (χ4v) is 0.795. The van der Waals surface area contributed by atoms with Gasteiger partial charge in [-0.05, 0) is 0 Å². The second-order valence-electron chi connectivity index (χ2n) is 1.35. The molecule has 1 heterocycles. The third-order valence-corrected chi connectivity index (χ3v) is 1.18. The lowest BCUT2D eigenvalue weighted by Gasteiger charge is -1.81. The number of H-pyrrole nitrogens is 1. The smallest absolute Gasteiger partial charge is 0.151 e. The van der Waals surface area contributed by atoms with Crippen LogP contribution in [0.2, 0.25) is 0 Å². The lowest BCUT2D eigenvalue weighted by Crippen LogP contribution is -1.87. The highest BCUT2D eigenvalue weighted by molar-refractivity contribution is 9.09. The number of nitrogens with one attached hydrogen (secondary N) is 1. The summed E-state index contributed by atoms with van der Waals surface area (Å²) in [5.74, 6) is 0.863. The van der Waals surface area contributed by atoms with Crippen LogP contribution in [0.3, 0.4) is 0 Å². The molecular weight excluding hydrogens is 170 g/mol. The first-order valence-corrected chi connectivity index (χ1v) is 3.46. The molecular formula is C4H6BrN3. The number of rotatable bonds is 2. The van der Waals surface area contributed by atoms with Crippen LogP contribution in [0.25, 0.3) is 0 Å². The molecule has 0 aliphatic carbocycles. The van der Waals surface area contributed by atoms with Crippen molar-refractivity contribution in [3.63, 3.8) is 0 Å². The molecule has 0 bridgehead atoms. The van der Waals surface area contributed by atoms with Crippen molar-refractivity contribution in [2.75, 3.05) is 5.33 Å². The summed E-state index contributed by atoms with van der Waals surface area (Å²) < 4.78 is 0. The molecule has 8 heavy (non-hydrogen) atoms. The summed E-state index contributed by atoms with van der Waals surface area (Å²) in [5, 5.41) is 7.39. The monoisotopic (exact) mass is 175 g/mol. The largest absolute Gasteiger partial charge is 0.266 e. The molecule has 0 unspecified atom stereocenters. The predicted octanol–water partition coefficient (Wildman–Crippen LogP) is 0.742. The van der Waals surface area contributed by atoms with E-state index >= 15 is 0 Å². The fraction of sp³-hybridized carbons (Fsp3) is 0.500. The normalized spacial score (nSPS) is 9.62. The molecule has 0 aliphatic heterocycles. The van der Waals surface area contributed by atoms with E-state index in [1.54, 1.807) is 6.33 Å². The quantitative estimate of drug-likeness (QED) is 0.675. The first-order chi connectivity index (χ1) is 3.93. The van der Waals surface area contributed by atoms with Crippen molar-refractivity contribution in [2.45, 2.75) is 6.42 Å². The van der Waals surface area contributed by atoms with Crippen LogP contribution in [-0.2, 0) is 6.42 Å². The van der Waals surface area contributed by atoms with Gasteiger partial charge in [-0.2, -0.15) is 5.10 Å². The molecule has 0 amide bonds. The second-order valence-corrected chi connectivity index (χ2v) is 2.15. The number of aromatic nitrogens is 3. The topological polar surface area (TPSA) is 41.6 Å². The number of nitrogens with zero attached hydrogens (tertiary/aromatic N) is 2. The number of halogens is 1. The Balaban J connectivity index is 2.50. The van der Waals surface area contributed by atoms with Gasteiger partial charge in [-0.15, -0.1) is 0 Å². The Kier molecular flexibility index (Phi) is 2.02. The Morgan fingerprint density at radius 1 is 1.75 bits per heavy atom. The molecule has 1 aromatic rings. The second kappa shape index (κ2) is 2.81. The Morgan fingerprint density at radius 2 is 2.62 bits per heavy atom. The van der Waals surface area contributed by atoms with E-state index in [-0.39, 0.29) is 0 Å². The van der Waals surface area contributed by atoms with Crippen LogP contribution in [0.15, 0.2) is 6.33 Å². The molecule has 1 rings (SSSR count). The minimum Gasteiger partial charge on any atom is -0.266 e. The number of aromatic amines is 1. The van der Waals surface area contributed by atoms with E-state index in [1.807, 2.05) is 0 Å². The molecule has 0 saturated heterocycles. The lowest BCUT2D eigenvalue weighted by atomic mass is 10.5. The van der Waals surface area contributed by atoms with Gasteiger partial charge in [0.2, 0.25) is 0 Å². The van der Waals surface area contributed by atoms with Gasteiger partial charge in [0, 0.05) is 11.8 Å². The van der Waals surface area contributed by atoms with E-state index in [9.17, 15) is 0 Å². The van der Waals surface area contributed by atoms with Crippen molar-refractivity contribution in [3.8, 4) is 0 Å². The summed E-state index contributed by atoms with van der Waals surface area (Å²) in [6.07, 6.45) is 2.47. The van der Waals surface area contributed by atoms with Crippen molar-refractivity contribution in [2.24, 2.45) is 0 Å². The van der Waals surface area contributed by atoms with E-state index in [0.29, 0.717) is 0 Å². The van der Waals surface area contributed by atoms with Gasteiger partial charge in [0.15, 0.2) is 5.82 Å². The SMILES string of the molecule is BrCCc1nc[nH]n1. The highest BCUT2D eigenvalue weighted by Crippen LogP contribution is 1.90. The average molecular weight is 176 g/mol. The molecule has 0 spiro atoms. The maximum Gasteiger partial charge on any atom is 0.151 e. The Labute approximate surface area is 55.6 Å². The van der Waals surface area contributed by atoms with Gasteiger partial charge in [-0.3, -0.25) is 5.10 Å². The van der Waals surface area contributed by atoms with E-state index in [4.69, 9.17) is 0 Å². The van der Waals surface area contributed by atoms with Gasteiger partial charge in [0.1, 0.15) is 6.33 Å². The molecule has 0 atom stereocenters. The molecule has 0 radical (unpaired) electrons. The third kappa shape index (κ3) is 1.30. The minimum atomic E-state index is 0.863. The Hall–Kier alpha value is -0.380. The van der Waals surface area contributed by atoms with E-state index < -0.39 is 0 Å². The predicted molar refractivity (Wildman–Crippen MR) is 33.9 cm³/mol. The van der Waals surface area contributed by atoms with E-state index in [2.05, 4.69) is 31.1 Å². The van der Waals surface area contributed by atoms with Gasteiger partial charge in [-0.1, -0.05) is 15.9 Å². The number of aryl methyl sites for hydroxylation is 1. The van der Waals surface area contributed by atoms with Crippen molar-refractivity contribution >= 4 is 15.9 Å². The summed E-state index contributed by atoms with van der Waals surface area (Å²) in [4.78, 5) is 3.91. The van der Waals surface area contributed by atoms with Gasteiger partial charge < -0.3 is 0 Å². The third-order valence-electron chi connectivity index (χ3n) is 0.783. The fourth-order valence-electron chi connectivity index (χ4n) is 0.441. The Bertz CT molecular complexity index is 137. The van der Waals surface area contributed by atoms with Crippen molar-refractivity contribution in [3.05, 3.63) is 12.2 Å². The first-order valence-electron chi connectivity index (χ1n) is 2.34. The van der Waals surface area contributed by atoms with E-state index in [0.717, 1.165) is 17.6 Å². The summed E-state index contributed by atoms with van der Waals surface area (Å²) >= 11 is 3.28. The van der Waals surface area contributed by atoms with Gasteiger partial charge in [-0.25, -0.2) is 4.98 Å². The van der Waals surface area contributed by atoms with Crippen molar-refractivity contribution < 1.29 is 0 Å². The maximum absolute atomic E-state index is 3.91. The van der Waals surface area contributed by atoms with Crippen LogP contribution in [0.1, 0.15) is 5.82 Å². The minimum absolute atomic E-state index is 0.863. The molecule has 0 aliphatic rings.